The largest absolute Gasteiger partial charge is 0.372 e. The summed E-state index contributed by atoms with van der Waals surface area (Å²) in [6.07, 6.45) is 4.12. The summed E-state index contributed by atoms with van der Waals surface area (Å²) in [6, 6.07) is 10.9. The minimum Gasteiger partial charge on any atom is -0.372 e. The van der Waals surface area contributed by atoms with Crippen LogP contribution in [0.1, 0.15) is 24.8 Å². The lowest BCUT2D eigenvalue weighted by Crippen LogP contribution is -2.34. The third-order valence-electron chi connectivity index (χ3n) is 3.13. The second-order valence-electron chi connectivity index (χ2n) is 4.16. The predicted molar refractivity (Wildman–Crippen MR) is 61.7 cm³/mol. The molecule has 82 valence electrons. The van der Waals surface area contributed by atoms with Gasteiger partial charge in [-0.3, -0.25) is 0 Å². The van der Waals surface area contributed by atoms with Crippen molar-refractivity contribution in [3.63, 3.8) is 0 Å². The van der Waals surface area contributed by atoms with E-state index >= 15 is 0 Å². The van der Waals surface area contributed by atoms with Crippen LogP contribution in [0, 0.1) is 0 Å². The Morgan fingerprint density at radius 1 is 1.27 bits per heavy atom. The van der Waals surface area contributed by atoms with Crippen LogP contribution in [-0.4, -0.2) is 19.2 Å². The number of benzene rings is 1. The van der Waals surface area contributed by atoms with E-state index in [9.17, 15) is 0 Å². The van der Waals surface area contributed by atoms with E-state index in [1.807, 2.05) is 13.1 Å². The highest BCUT2D eigenvalue weighted by Gasteiger charge is 2.26. The second-order valence-corrected chi connectivity index (χ2v) is 4.16. The number of nitrogens with one attached hydrogen (secondary N) is 1. The molecule has 0 aromatic heterocycles. The van der Waals surface area contributed by atoms with Gasteiger partial charge in [0.15, 0.2) is 0 Å². The van der Waals surface area contributed by atoms with Crippen LogP contribution >= 0.6 is 0 Å². The van der Waals surface area contributed by atoms with Gasteiger partial charge in [-0.2, -0.15) is 0 Å². The molecule has 1 N–H and O–H groups in total. The van der Waals surface area contributed by atoms with E-state index in [-0.39, 0.29) is 0 Å². The normalized spacial score (nSPS) is 25.7. The molecule has 2 atom stereocenters. The monoisotopic (exact) mass is 205 g/mol. The summed E-state index contributed by atoms with van der Waals surface area (Å²) in [5.41, 5.74) is 1.26. The smallest absolute Gasteiger partial charge is 0.0732 e. The van der Waals surface area contributed by atoms with E-state index in [0.29, 0.717) is 12.1 Å². The fraction of sp³-hybridized carbons (Fsp3) is 0.538. The molecule has 1 aliphatic carbocycles. The van der Waals surface area contributed by atoms with Crippen LogP contribution in [0.15, 0.2) is 30.3 Å². The minimum atomic E-state index is 0.398. The topological polar surface area (TPSA) is 21.3 Å². The number of ether oxygens (including phenoxy) is 1. The Bertz CT molecular complexity index is 286. The summed E-state index contributed by atoms with van der Waals surface area (Å²) < 4.78 is 5.93. The first-order valence-electron chi connectivity index (χ1n) is 5.73. The maximum Gasteiger partial charge on any atom is 0.0732 e. The molecule has 1 saturated carbocycles. The van der Waals surface area contributed by atoms with Crippen molar-refractivity contribution in [3.8, 4) is 0 Å². The highest BCUT2D eigenvalue weighted by atomic mass is 16.5. The fourth-order valence-corrected chi connectivity index (χ4v) is 2.23. The Balaban J connectivity index is 1.83. The summed E-state index contributed by atoms with van der Waals surface area (Å²) in [7, 11) is 2.02. The molecule has 0 amide bonds. The van der Waals surface area contributed by atoms with Crippen molar-refractivity contribution in [2.24, 2.45) is 0 Å². The van der Waals surface area contributed by atoms with Gasteiger partial charge in [-0.15, -0.1) is 0 Å². The molecular weight excluding hydrogens is 186 g/mol. The lowest BCUT2D eigenvalue weighted by atomic mass is 10.2. The van der Waals surface area contributed by atoms with Crippen LogP contribution in [0.2, 0.25) is 0 Å². The Labute approximate surface area is 91.6 Å². The van der Waals surface area contributed by atoms with E-state index in [4.69, 9.17) is 4.74 Å². The van der Waals surface area contributed by atoms with E-state index in [0.717, 1.165) is 6.61 Å². The molecule has 0 unspecified atom stereocenters. The lowest BCUT2D eigenvalue weighted by molar-refractivity contribution is 0.0295. The average Bonchev–Trinajstić information content (AvgIpc) is 2.75. The standard InChI is InChI=1S/C13H19NO/c1-14-12-8-5-9-13(12)15-10-11-6-3-2-4-7-11/h2-4,6-7,12-14H,5,8-10H2,1H3/t12-,13-/m1/s1. The number of rotatable bonds is 4. The van der Waals surface area contributed by atoms with Gasteiger partial charge >= 0.3 is 0 Å². The molecule has 0 saturated heterocycles. The molecule has 0 heterocycles. The van der Waals surface area contributed by atoms with Crippen molar-refractivity contribution in [3.05, 3.63) is 35.9 Å². The van der Waals surface area contributed by atoms with Crippen LogP contribution in [0.25, 0.3) is 0 Å². The van der Waals surface area contributed by atoms with Gasteiger partial charge < -0.3 is 10.1 Å². The maximum atomic E-state index is 5.93. The number of likely N-dealkylation sites (N-methyl/N-ethyl adjacent to an activating group) is 1. The quantitative estimate of drug-likeness (QED) is 0.814. The van der Waals surface area contributed by atoms with Crippen molar-refractivity contribution in [1.82, 2.24) is 5.32 Å². The zero-order chi connectivity index (χ0) is 10.5. The van der Waals surface area contributed by atoms with E-state index in [1.54, 1.807) is 0 Å². The molecule has 0 bridgehead atoms. The molecule has 2 rings (SSSR count). The van der Waals surface area contributed by atoms with Crippen molar-refractivity contribution >= 4 is 0 Å². The highest BCUT2D eigenvalue weighted by Crippen LogP contribution is 2.22. The first-order chi connectivity index (χ1) is 7.40. The fourth-order valence-electron chi connectivity index (χ4n) is 2.23. The van der Waals surface area contributed by atoms with Gasteiger partial charge in [-0.25, -0.2) is 0 Å². The molecule has 1 fully saturated rings. The summed E-state index contributed by atoms with van der Waals surface area (Å²) in [4.78, 5) is 0. The van der Waals surface area contributed by atoms with Crippen molar-refractivity contribution in [2.45, 2.75) is 38.0 Å². The zero-order valence-electron chi connectivity index (χ0n) is 9.28. The SMILES string of the molecule is CN[C@@H]1CCC[C@H]1OCc1ccccc1. The molecule has 1 aromatic rings. The molecular formula is C13H19NO. The third kappa shape index (κ3) is 2.80. The van der Waals surface area contributed by atoms with Crippen LogP contribution < -0.4 is 5.32 Å². The van der Waals surface area contributed by atoms with Gasteiger partial charge in [-0.1, -0.05) is 30.3 Å². The number of hydrogen-bond acceptors (Lipinski definition) is 2. The first kappa shape index (κ1) is 10.7. The molecule has 1 aliphatic rings. The first-order valence-corrected chi connectivity index (χ1v) is 5.73. The predicted octanol–water partition coefficient (Wildman–Crippen LogP) is 2.34. The van der Waals surface area contributed by atoms with E-state index in [2.05, 4.69) is 29.6 Å². The van der Waals surface area contributed by atoms with Gasteiger partial charge in [0, 0.05) is 6.04 Å². The molecule has 0 radical (unpaired) electrons. The van der Waals surface area contributed by atoms with Gasteiger partial charge in [0.05, 0.1) is 12.7 Å². The van der Waals surface area contributed by atoms with Gasteiger partial charge in [-0.05, 0) is 31.9 Å². The molecule has 2 nitrogen and oxygen atoms in total. The van der Waals surface area contributed by atoms with Crippen LogP contribution in [0.3, 0.4) is 0 Å². The van der Waals surface area contributed by atoms with E-state index in [1.165, 1.54) is 24.8 Å². The maximum absolute atomic E-state index is 5.93. The van der Waals surface area contributed by atoms with Crippen LogP contribution in [0.4, 0.5) is 0 Å². The highest BCUT2D eigenvalue weighted by molar-refractivity contribution is 5.13. The van der Waals surface area contributed by atoms with Gasteiger partial charge in [0.25, 0.3) is 0 Å². The summed E-state index contributed by atoms with van der Waals surface area (Å²) in [6.45, 7) is 0.740. The van der Waals surface area contributed by atoms with Gasteiger partial charge in [0.2, 0.25) is 0 Å². The van der Waals surface area contributed by atoms with Crippen LogP contribution in [0.5, 0.6) is 0 Å². The zero-order valence-corrected chi connectivity index (χ0v) is 9.28. The summed E-state index contributed by atoms with van der Waals surface area (Å²) in [5.74, 6) is 0. The second kappa shape index (κ2) is 5.29. The Kier molecular flexibility index (Phi) is 3.75. The van der Waals surface area contributed by atoms with Crippen molar-refractivity contribution < 1.29 is 4.74 Å². The third-order valence-corrected chi connectivity index (χ3v) is 3.13. The van der Waals surface area contributed by atoms with Crippen molar-refractivity contribution in [1.29, 1.82) is 0 Å². The minimum absolute atomic E-state index is 0.398. The molecule has 0 aliphatic heterocycles. The summed E-state index contributed by atoms with van der Waals surface area (Å²) in [5, 5.41) is 3.33. The number of hydrogen-bond donors (Lipinski definition) is 1. The average molecular weight is 205 g/mol. The van der Waals surface area contributed by atoms with E-state index < -0.39 is 0 Å². The van der Waals surface area contributed by atoms with Gasteiger partial charge in [0.1, 0.15) is 0 Å². The Hall–Kier alpha value is -0.860. The molecule has 15 heavy (non-hydrogen) atoms. The Morgan fingerprint density at radius 3 is 2.80 bits per heavy atom. The summed E-state index contributed by atoms with van der Waals surface area (Å²) >= 11 is 0. The van der Waals surface area contributed by atoms with Crippen LogP contribution in [-0.2, 0) is 11.3 Å². The molecule has 0 spiro atoms. The lowest BCUT2D eigenvalue weighted by Gasteiger charge is -2.19. The Morgan fingerprint density at radius 2 is 2.07 bits per heavy atom. The molecule has 1 aromatic carbocycles. The van der Waals surface area contributed by atoms with Crippen molar-refractivity contribution in [2.75, 3.05) is 7.05 Å². The molecule has 2 heteroatoms.